The van der Waals surface area contributed by atoms with Crippen molar-refractivity contribution in [3.05, 3.63) is 0 Å². The van der Waals surface area contributed by atoms with Crippen LogP contribution in [0.1, 0.15) is 32.1 Å². The summed E-state index contributed by atoms with van der Waals surface area (Å²) >= 11 is 0. The Bertz CT molecular complexity index is 212. The summed E-state index contributed by atoms with van der Waals surface area (Å²) in [6, 6.07) is 0. The van der Waals surface area contributed by atoms with E-state index in [4.69, 9.17) is 5.11 Å². The zero-order valence-corrected chi connectivity index (χ0v) is 10.3. The fraction of sp³-hybridized carbons (Fsp3) is 0.909. The van der Waals surface area contributed by atoms with Gasteiger partial charge in [0.05, 0.1) is 12.5 Å². The molecule has 0 aliphatic heterocycles. The lowest BCUT2D eigenvalue weighted by Crippen LogP contribution is -2.44. The summed E-state index contributed by atoms with van der Waals surface area (Å²) in [6.07, 6.45) is 8.61. The third-order valence-electron chi connectivity index (χ3n) is 3.19. The van der Waals surface area contributed by atoms with Crippen molar-refractivity contribution in [1.82, 2.24) is 0 Å². The minimum Gasteiger partial charge on any atom is -0.477 e. The quantitative estimate of drug-likeness (QED) is 0.719. The SMILES string of the molecule is C[S+](C)[C@H](C(=O)O)[C@H](O)C1CCCCC1. The molecule has 88 valence electrons. The molecule has 1 rings (SSSR count). The molecule has 0 aromatic heterocycles. The van der Waals surface area contributed by atoms with Crippen LogP contribution < -0.4 is 0 Å². The molecule has 15 heavy (non-hydrogen) atoms. The van der Waals surface area contributed by atoms with Gasteiger partial charge in [-0.1, -0.05) is 19.3 Å². The van der Waals surface area contributed by atoms with Crippen LogP contribution in [0.2, 0.25) is 0 Å². The Hall–Kier alpha value is -0.220. The van der Waals surface area contributed by atoms with E-state index in [2.05, 4.69) is 0 Å². The van der Waals surface area contributed by atoms with Crippen molar-refractivity contribution in [2.75, 3.05) is 12.5 Å². The summed E-state index contributed by atoms with van der Waals surface area (Å²) < 4.78 is 0. The first-order valence-electron chi connectivity index (χ1n) is 5.51. The van der Waals surface area contributed by atoms with Crippen molar-refractivity contribution in [3.63, 3.8) is 0 Å². The Morgan fingerprint density at radius 2 is 1.80 bits per heavy atom. The van der Waals surface area contributed by atoms with Gasteiger partial charge in [-0.15, -0.1) is 0 Å². The van der Waals surface area contributed by atoms with Crippen LogP contribution in [0.3, 0.4) is 0 Å². The Balaban J connectivity index is 2.61. The van der Waals surface area contributed by atoms with Gasteiger partial charge in [0.15, 0.2) is 0 Å². The summed E-state index contributed by atoms with van der Waals surface area (Å²) in [4.78, 5) is 11.1. The second kappa shape index (κ2) is 5.75. The third-order valence-corrected chi connectivity index (χ3v) is 4.69. The van der Waals surface area contributed by atoms with Gasteiger partial charge in [0.25, 0.3) is 0 Å². The Labute approximate surface area is 94.2 Å². The topological polar surface area (TPSA) is 57.5 Å². The van der Waals surface area contributed by atoms with E-state index < -0.39 is 17.3 Å². The van der Waals surface area contributed by atoms with Crippen molar-refractivity contribution in [1.29, 1.82) is 0 Å². The minimum atomic E-state index is -0.846. The van der Waals surface area contributed by atoms with Crippen LogP contribution in [-0.4, -0.2) is 40.0 Å². The summed E-state index contributed by atoms with van der Waals surface area (Å²) in [7, 11) is -0.265. The summed E-state index contributed by atoms with van der Waals surface area (Å²) in [5.41, 5.74) is 0. The first-order valence-corrected chi connectivity index (χ1v) is 7.61. The first-order chi connectivity index (χ1) is 7.04. The highest BCUT2D eigenvalue weighted by Gasteiger charge is 2.41. The lowest BCUT2D eigenvalue weighted by atomic mass is 9.84. The Morgan fingerprint density at radius 1 is 1.27 bits per heavy atom. The predicted octanol–water partition coefficient (Wildman–Crippen LogP) is 1.26. The molecule has 0 heterocycles. The zero-order chi connectivity index (χ0) is 11.4. The number of hydrogen-bond acceptors (Lipinski definition) is 2. The highest BCUT2D eigenvalue weighted by Crippen LogP contribution is 2.29. The van der Waals surface area contributed by atoms with Crippen LogP contribution in [0, 0.1) is 5.92 Å². The van der Waals surface area contributed by atoms with Crippen LogP contribution in [0.25, 0.3) is 0 Å². The summed E-state index contributed by atoms with van der Waals surface area (Å²) in [5.74, 6) is -0.642. The van der Waals surface area contributed by atoms with Gasteiger partial charge < -0.3 is 10.2 Å². The molecular weight excluding hydrogens is 212 g/mol. The van der Waals surface area contributed by atoms with Crippen molar-refractivity contribution in [3.8, 4) is 0 Å². The molecule has 0 amide bonds. The number of aliphatic hydroxyl groups is 1. The van der Waals surface area contributed by atoms with Crippen LogP contribution in [0.15, 0.2) is 0 Å². The summed E-state index contributed by atoms with van der Waals surface area (Å²) in [6.45, 7) is 0. The largest absolute Gasteiger partial charge is 0.477 e. The standard InChI is InChI=1S/C11H20O3S/c1-15(2)10(11(13)14)9(12)8-6-4-3-5-7-8/h8-10,12H,3-7H2,1-2H3/p+1/t9-,10+/m1/s1. The van der Waals surface area contributed by atoms with Crippen LogP contribution in [-0.2, 0) is 15.7 Å². The molecule has 0 bridgehead atoms. The highest BCUT2D eigenvalue weighted by molar-refractivity contribution is 7.96. The molecule has 0 unspecified atom stereocenters. The van der Waals surface area contributed by atoms with E-state index in [0.29, 0.717) is 0 Å². The van der Waals surface area contributed by atoms with E-state index in [-0.39, 0.29) is 16.8 Å². The maximum atomic E-state index is 11.1. The molecular formula is C11H21O3S+. The molecule has 0 aromatic carbocycles. The van der Waals surface area contributed by atoms with Crippen molar-refractivity contribution < 1.29 is 15.0 Å². The molecule has 4 heteroatoms. The van der Waals surface area contributed by atoms with Gasteiger partial charge in [-0.25, -0.2) is 4.79 Å². The Morgan fingerprint density at radius 3 is 2.20 bits per heavy atom. The summed E-state index contributed by atoms with van der Waals surface area (Å²) in [5, 5.41) is 18.6. The van der Waals surface area contributed by atoms with Gasteiger partial charge in [0, 0.05) is 0 Å². The van der Waals surface area contributed by atoms with Gasteiger partial charge in [-0.2, -0.15) is 0 Å². The molecule has 1 aliphatic rings. The molecule has 1 saturated carbocycles. The van der Waals surface area contributed by atoms with E-state index in [1.54, 1.807) is 0 Å². The fourth-order valence-electron chi connectivity index (χ4n) is 2.35. The zero-order valence-electron chi connectivity index (χ0n) is 9.48. The van der Waals surface area contributed by atoms with E-state index in [9.17, 15) is 9.90 Å². The number of aliphatic carboxylic acids is 1. The van der Waals surface area contributed by atoms with Crippen molar-refractivity contribution >= 4 is 16.9 Å². The highest BCUT2D eigenvalue weighted by atomic mass is 32.2. The van der Waals surface area contributed by atoms with Crippen molar-refractivity contribution in [2.24, 2.45) is 5.92 Å². The molecule has 1 fully saturated rings. The van der Waals surface area contributed by atoms with Crippen LogP contribution in [0.5, 0.6) is 0 Å². The van der Waals surface area contributed by atoms with Gasteiger partial charge >= 0.3 is 5.97 Å². The van der Waals surface area contributed by atoms with Gasteiger partial charge in [0.2, 0.25) is 5.25 Å². The number of carbonyl (C=O) groups is 1. The van der Waals surface area contributed by atoms with Crippen LogP contribution >= 0.6 is 0 Å². The second-order valence-electron chi connectivity index (χ2n) is 4.53. The fourth-order valence-corrected chi connectivity index (χ4v) is 3.53. The molecule has 3 nitrogen and oxygen atoms in total. The molecule has 0 saturated heterocycles. The monoisotopic (exact) mass is 233 g/mol. The number of aliphatic hydroxyl groups excluding tert-OH is 1. The molecule has 2 atom stereocenters. The Kier molecular flexibility index (Phi) is 4.93. The number of carboxylic acid groups (broad SMARTS) is 1. The van der Waals surface area contributed by atoms with E-state index >= 15 is 0 Å². The van der Waals surface area contributed by atoms with Gasteiger partial charge in [-0.3, -0.25) is 0 Å². The average Bonchev–Trinajstić information content (AvgIpc) is 2.18. The van der Waals surface area contributed by atoms with Gasteiger partial charge in [-0.05, 0) is 29.7 Å². The number of rotatable bonds is 4. The number of carboxylic acids is 1. The van der Waals surface area contributed by atoms with Gasteiger partial charge in [0.1, 0.15) is 6.10 Å². The average molecular weight is 233 g/mol. The minimum absolute atomic E-state index is 0.203. The lowest BCUT2D eigenvalue weighted by molar-refractivity contribution is -0.139. The van der Waals surface area contributed by atoms with Crippen LogP contribution in [0.4, 0.5) is 0 Å². The smallest absolute Gasteiger partial charge is 0.359 e. The predicted molar refractivity (Wildman–Crippen MR) is 63.2 cm³/mol. The maximum Gasteiger partial charge on any atom is 0.359 e. The maximum absolute atomic E-state index is 11.1. The van der Waals surface area contributed by atoms with E-state index in [0.717, 1.165) is 25.7 Å². The lowest BCUT2D eigenvalue weighted by Gasteiger charge is -2.28. The third kappa shape index (κ3) is 3.38. The van der Waals surface area contributed by atoms with E-state index in [1.165, 1.54) is 6.42 Å². The number of hydrogen-bond donors (Lipinski definition) is 2. The molecule has 0 radical (unpaired) electrons. The molecule has 0 spiro atoms. The first kappa shape index (κ1) is 12.8. The van der Waals surface area contributed by atoms with Crippen molar-refractivity contribution in [2.45, 2.75) is 43.5 Å². The normalized spacial score (nSPS) is 22.7. The second-order valence-corrected chi connectivity index (χ2v) is 6.79. The molecule has 1 aliphatic carbocycles. The molecule has 0 aromatic rings. The molecule has 2 N–H and O–H groups in total. The van der Waals surface area contributed by atoms with E-state index in [1.807, 2.05) is 12.5 Å².